The molecule has 2 rings (SSSR count). The van der Waals surface area contributed by atoms with Gasteiger partial charge in [0.2, 0.25) is 10.0 Å². The van der Waals surface area contributed by atoms with Crippen LogP contribution in [0.15, 0.2) is 47.4 Å². The van der Waals surface area contributed by atoms with Crippen LogP contribution in [0.25, 0.3) is 0 Å². The molecule has 6 nitrogen and oxygen atoms in total. The minimum Gasteiger partial charge on any atom is -0.496 e. The molecule has 0 radical (unpaired) electrons. The third-order valence-electron chi connectivity index (χ3n) is 3.81. The molecule has 0 bridgehead atoms. The van der Waals surface area contributed by atoms with Crippen molar-refractivity contribution in [3.8, 4) is 5.75 Å². The molecule has 2 aromatic rings. The van der Waals surface area contributed by atoms with Crippen molar-refractivity contribution in [2.24, 2.45) is 5.14 Å². The van der Waals surface area contributed by atoms with Gasteiger partial charge in [0.15, 0.2) is 0 Å². The molecule has 10 heteroatoms. The van der Waals surface area contributed by atoms with Crippen molar-refractivity contribution in [1.82, 2.24) is 4.90 Å². The van der Waals surface area contributed by atoms with Crippen molar-refractivity contribution < 1.29 is 31.1 Å². The Morgan fingerprint density at radius 1 is 1.19 bits per heavy atom. The number of benzene rings is 2. The van der Waals surface area contributed by atoms with E-state index in [0.717, 1.165) is 17.0 Å². The van der Waals surface area contributed by atoms with Crippen LogP contribution in [0, 0.1) is 0 Å². The predicted molar refractivity (Wildman–Crippen MR) is 91.6 cm³/mol. The van der Waals surface area contributed by atoms with Crippen molar-refractivity contribution in [2.75, 3.05) is 14.2 Å². The van der Waals surface area contributed by atoms with Gasteiger partial charge in [0.05, 0.1) is 23.1 Å². The molecule has 0 fully saturated rings. The molecule has 146 valence electrons. The zero-order valence-electron chi connectivity index (χ0n) is 14.4. The molecule has 0 aliphatic rings. The molecule has 2 aromatic carbocycles. The Hall–Kier alpha value is -2.59. The summed E-state index contributed by atoms with van der Waals surface area (Å²) in [6.07, 6.45) is -4.56. The maximum absolute atomic E-state index is 13.1. The molecule has 0 saturated heterocycles. The van der Waals surface area contributed by atoms with Gasteiger partial charge in [0.1, 0.15) is 5.75 Å². The monoisotopic (exact) mass is 402 g/mol. The quantitative estimate of drug-likeness (QED) is 0.833. The Labute approximate surface area is 154 Å². The number of ether oxygens (including phenoxy) is 1. The number of alkyl halides is 3. The number of hydrogen-bond donors (Lipinski definition) is 1. The number of sulfonamides is 1. The highest BCUT2D eigenvalue weighted by atomic mass is 32.2. The first-order valence-electron chi connectivity index (χ1n) is 7.56. The van der Waals surface area contributed by atoms with Gasteiger partial charge in [-0.3, -0.25) is 4.79 Å². The molecule has 27 heavy (non-hydrogen) atoms. The summed E-state index contributed by atoms with van der Waals surface area (Å²) in [5, 5.41) is 5.07. The second-order valence-electron chi connectivity index (χ2n) is 5.72. The normalized spacial score (nSPS) is 11.9. The van der Waals surface area contributed by atoms with Crippen LogP contribution in [0.2, 0.25) is 0 Å². The van der Waals surface area contributed by atoms with Gasteiger partial charge in [-0.05, 0) is 29.8 Å². The molecular weight excluding hydrogens is 385 g/mol. The van der Waals surface area contributed by atoms with E-state index in [1.165, 1.54) is 44.5 Å². The van der Waals surface area contributed by atoms with Crippen LogP contribution in [0.1, 0.15) is 21.5 Å². The number of amides is 1. The Morgan fingerprint density at radius 3 is 2.37 bits per heavy atom. The smallest absolute Gasteiger partial charge is 0.416 e. The zero-order valence-corrected chi connectivity index (χ0v) is 15.3. The highest BCUT2D eigenvalue weighted by Crippen LogP contribution is 2.32. The third-order valence-corrected chi connectivity index (χ3v) is 4.72. The van der Waals surface area contributed by atoms with E-state index in [2.05, 4.69) is 0 Å². The van der Waals surface area contributed by atoms with Gasteiger partial charge in [-0.25, -0.2) is 13.6 Å². The van der Waals surface area contributed by atoms with E-state index in [1.54, 1.807) is 0 Å². The standard InChI is InChI=1S/C17H17F3N2O4S/c1-22(10-11-5-3-4-6-14(11)17(18,19)20)16(23)13-9-12(27(21,24)25)7-8-15(13)26-2/h3-9H,10H2,1-2H3,(H2,21,24,25). The first-order chi connectivity index (χ1) is 12.4. The van der Waals surface area contributed by atoms with Crippen LogP contribution in [0.5, 0.6) is 5.75 Å². The minimum atomic E-state index is -4.56. The third kappa shape index (κ3) is 4.77. The fraction of sp³-hybridized carbons (Fsp3) is 0.235. The predicted octanol–water partition coefficient (Wildman–Crippen LogP) is 2.63. The number of primary sulfonamides is 1. The van der Waals surface area contributed by atoms with Crippen LogP contribution >= 0.6 is 0 Å². The lowest BCUT2D eigenvalue weighted by atomic mass is 10.1. The summed E-state index contributed by atoms with van der Waals surface area (Å²) >= 11 is 0. The summed E-state index contributed by atoms with van der Waals surface area (Å²) in [7, 11) is -1.49. The number of hydrogen-bond acceptors (Lipinski definition) is 4. The van der Waals surface area contributed by atoms with Gasteiger partial charge >= 0.3 is 6.18 Å². The van der Waals surface area contributed by atoms with Gasteiger partial charge in [-0.2, -0.15) is 13.2 Å². The van der Waals surface area contributed by atoms with E-state index < -0.39 is 27.7 Å². The average Bonchev–Trinajstić information content (AvgIpc) is 2.59. The number of nitrogens with two attached hydrogens (primary N) is 1. The minimum absolute atomic E-state index is 0.0726. The lowest BCUT2D eigenvalue weighted by Crippen LogP contribution is -2.28. The Balaban J connectivity index is 2.39. The summed E-state index contributed by atoms with van der Waals surface area (Å²) in [5.74, 6) is -0.641. The summed E-state index contributed by atoms with van der Waals surface area (Å²) < 4.78 is 67.4. The van der Waals surface area contributed by atoms with E-state index in [-0.39, 0.29) is 28.3 Å². The summed E-state index contributed by atoms with van der Waals surface area (Å²) in [6, 6.07) is 8.34. The van der Waals surface area contributed by atoms with Gasteiger partial charge in [0.25, 0.3) is 5.91 Å². The first kappa shape index (κ1) is 20.7. The molecule has 0 aliphatic carbocycles. The number of methoxy groups -OCH3 is 1. The van der Waals surface area contributed by atoms with Gasteiger partial charge in [0, 0.05) is 13.6 Å². The van der Waals surface area contributed by atoms with E-state index >= 15 is 0 Å². The number of carbonyl (C=O) groups is 1. The van der Waals surface area contributed by atoms with Crippen LogP contribution in [0.3, 0.4) is 0 Å². The van der Waals surface area contributed by atoms with E-state index in [9.17, 15) is 26.4 Å². The molecule has 2 N–H and O–H groups in total. The summed E-state index contributed by atoms with van der Waals surface area (Å²) in [5.41, 5.74) is -1.08. The highest BCUT2D eigenvalue weighted by Gasteiger charge is 2.33. The van der Waals surface area contributed by atoms with Crippen LogP contribution < -0.4 is 9.88 Å². The summed E-state index contributed by atoms with van der Waals surface area (Å²) in [6.45, 7) is -0.336. The Kier molecular flexibility index (Phi) is 5.81. The Bertz CT molecular complexity index is 959. The number of nitrogens with zero attached hydrogens (tertiary/aromatic N) is 1. The number of halogens is 3. The van der Waals surface area contributed by atoms with Gasteiger partial charge in [-0.1, -0.05) is 18.2 Å². The van der Waals surface area contributed by atoms with Crippen molar-refractivity contribution in [3.63, 3.8) is 0 Å². The second-order valence-corrected chi connectivity index (χ2v) is 7.28. The maximum Gasteiger partial charge on any atom is 0.416 e. The molecule has 1 amide bonds. The molecule has 0 heterocycles. The van der Waals surface area contributed by atoms with Crippen molar-refractivity contribution in [2.45, 2.75) is 17.6 Å². The lowest BCUT2D eigenvalue weighted by Gasteiger charge is -2.21. The number of rotatable bonds is 5. The van der Waals surface area contributed by atoms with Crippen LogP contribution in [0.4, 0.5) is 13.2 Å². The van der Waals surface area contributed by atoms with Gasteiger partial charge < -0.3 is 9.64 Å². The maximum atomic E-state index is 13.1. The SMILES string of the molecule is COc1ccc(S(N)(=O)=O)cc1C(=O)N(C)Cc1ccccc1C(F)(F)F. The van der Waals surface area contributed by atoms with Gasteiger partial charge in [-0.15, -0.1) is 0 Å². The largest absolute Gasteiger partial charge is 0.496 e. The molecular formula is C17H17F3N2O4S. The van der Waals surface area contributed by atoms with E-state index in [4.69, 9.17) is 9.88 Å². The van der Waals surface area contributed by atoms with Crippen molar-refractivity contribution >= 4 is 15.9 Å². The summed E-state index contributed by atoms with van der Waals surface area (Å²) in [4.78, 5) is 13.4. The highest BCUT2D eigenvalue weighted by molar-refractivity contribution is 7.89. The average molecular weight is 402 g/mol. The molecule has 0 aliphatic heterocycles. The fourth-order valence-electron chi connectivity index (χ4n) is 2.50. The van der Waals surface area contributed by atoms with E-state index in [1.807, 2.05) is 0 Å². The molecule has 0 atom stereocenters. The van der Waals surface area contributed by atoms with E-state index in [0.29, 0.717) is 0 Å². The second kappa shape index (κ2) is 7.57. The molecule has 0 aromatic heterocycles. The number of carbonyl (C=O) groups excluding carboxylic acids is 1. The zero-order chi connectivity index (χ0) is 20.4. The Morgan fingerprint density at radius 2 is 1.81 bits per heavy atom. The fourth-order valence-corrected chi connectivity index (χ4v) is 3.04. The topological polar surface area (TPSA) is 89.7 Å². The molecule has 0 spiro atoms. The lowest BCUT2D eigenvalue weighted by molar-refractivity contribution is -0.138. The van der Waals surface area contributed by atoms with Crippen molar-refractivity contribution in [1.29, 1.82) is 0 Å². The first-order valence-corrected chi connectivity index (χ1v) is 9.11. The molecule has 0 unspecified atom stereocenters. The van der Waals surface area contributed by atoms with Crippen LogP contribution in [-0.2, 0) is 22.7 Å². The van der Waals surface area contributed by atoms with Crippen molar-refractivity contribution in [3.05, 3.63) is 59.2 Å². The molecule has 0 saturated carbocycles. The van der Waals surface area contributed by atoms with Crippen LogP contribution in [-0.4, -0.2) is 33.4 Å².